The van der Waals surface area contributed by atoms with Crippen molar-refractivity contribution in [2.45, 2.75) is 39.2 Å². The Hall–Kier alpha value is -4.55. The molecule has 41 heavy (non-hydrogen) atoms. The summed E-state index contributed by atoms with van der Waals surface area (Å²) in [6.45, 7) is 7.96. The van der Waals surface area contributed by atoms with Crippen LogP contribution in [0.25, 0.3) is 22.3 Å². The van der Waals surface area contributed by atoms with Gasteiger partial charge in [0.1, 0.15) is 17.1 Å². The molecular formula is C34H30ClNO5. The zero-order valence-corrected chi connectivity index (χ0v) is 24.0. The highest BCUT2D eigenvalue weighted by atomic mass is 35.5. The number of benzene rings is 4. The molecule has 1 aromatic heterocycles. The van der Waals surface area contributed by atoms with Crippen LogP contribution in [0.5, 0.6) is 17.2 Å². The molecule has 0 bridgehead atoms. The summed E-state index contributed by atoms with van der Waals surface area (Å²) in [7, 11) is 0. The predicted molar refractivity (Wildman–Crippen MR) is 163 cm³/mol. The molecule has 0 aliphatic rings. The van der Waals surface area contributed by atoms with E-state index in [4.69, 9.17) is 25.5 Å². The SMILES string of the molecule is CC(Oc1c(-c2ccc(C(C)(C)C)cc2)oc2ccc(Cl)cc2c1=O)C(=O)Nc1ccc(Oc2ccccc2)cc1. The number of ether oxygens (including phenoxy) is 2. The van der Waals surface area contributed by atoms with Gasteiger partial charge in [-0.05, 0) is 72.5 Å². The van der Waals surface area contributed by atoms with E-state index >= 15 is 0 Å². The predicted octanol–water partition coefficient (Wildman–Crippen LogP) is 8.61. The molecule has 6 nitrogen and oxygen atoms in total. The van der Waals surface area contributed by atoms with Gasteiger partial charge in [0, 0.05) is 16.3 Å². The van der Waals surface area contributed by atoms with Crippen molar-refractivity contribution >= 4 is 34.2 Å². The van der Waals surface area contributed by atoms with Crippen LogP contribution in [0.1, 0.15) is 33.3 Å². The van der Waals surface area contributed by atoms with Crippen molar-refractivity contribution in [2.24, 2.45) is 0 Å². The van der Waals surface area contributed by atoms with Crippen molar-refractivity contribution in [3.8, 4) is 28.6 Å². The number of amides is 1. The van der Waals surface area contributed by atoms with Crippen LogP contribution in [0, 0.1) is 0 Å². The molecule has 0 spiro atoms. The second-order valence-corrected chi connectivity index (χ2v) is 11.2. The maximum absolute atomic E-state index is 13.6. The molecule has 0 saturated heterocycles. The van der Waals surface area contributed by atoms with Crippen molar-refractivity contribution in [3.05, 3.63) is 118 Å². The fourth-order valence-electron chi connectivity index (χ4n) is 4.27. The highest BCUT2D eigenvalue weighted by Gasteiger charge is 2.24. The topological polar surface area (TPSA) is 77.8 Å². The Kier molecular flexibility index (Phi) is 7.86. The normalized spacial score (nSPS) is 12.1. The van der Waals surface area contributed by atoms with Crippen molar-refractivity contribution < 1.29 is 18.7 Å². The molecule has 1 unspecified atom stereocenters. The molecule has 5 aromatic rings. The first-order chi connectivity index (χ1) is 19.6. The van der Waals surface area contributed by atoms with Crippen LogP contribution in [-0.2, 0) is 10.2 Å². The average Bonchev–Trinajstić information content (AvgIpc) is 2.96. The third-order valence-corrected chi connectivity index (χ3v) is 6.82. The van der Waals surface area contributed by atoms with Gasteiger partial charge in [0.05, 0.1) is 5.39 Å². The average molecular weight is 568 g/mol. The molecule has 0 saturated carbocycles. The number of carbonyl (C=O) groups excluding carboxylic acids is 1. The fourth-order valence-corrected chi connectivity index (χ4v) is 4.45. The highest BCUT2D eigenvalue weighted by Crippen LogP contribution is 2.34. The van der Waals surface area contributed by atoms with Gasteiger partial charge < -0.3 is 19.2 Å². The van der Waals surface area contributed by atoms with E-state index in [1.54, 1.807) is 43.3 Å². The van der Waals surface area contributed by atoms with Crippen molar-refractivity contribution in [3.63, 3.8) is 0 Å². The van der Waals surface area contributed by atoms with Crippen LogP contribution in [0.2, 0.25) is 5.02 Å². The van der Waals surface area contributed by atoms with Crippen molar-refractivity contribution in [1.82, 2.24) is 0 Å². The Bertz CT molecular complexity index is 1740. The summed E-state index contributed by atoms with van der Waals surface area (Å²) in [6, 6.07) is 29.0. The molecular weight excluding hydrogens is 538 g/mol. The molecule has 1 N–H and O–H groups in total. The first kappa shape index (κ1) is 28.0. The van der Waals surface area contributed by atoms with Crippen LogP contribution >= 0.6 is 11.6 Å². The summed E-state index contributed by atoms with van der Waals surface area (Å²) in [6.07, 6.45) is -1.01. The molecule has 0 radical (unpaired) electrons. The Morgan fingerprint density at radius 1 is 0.878 bits per heavy atom. The number of fused-ring (bicyclic) bond motifs is 1. The third kappa shape index (κ3) is 6.44. The largest absolute Gasteiger partial charge is 0.473 e. The number of halogens is 1. The second-order valence-electron chi connectivity index (χ2n) is 10.7. The monoisotopic (exact) mass is 567 g/mol. The van der Waals surface area contributed by atoms with Gasteiger partial charge >= 0.3 is 0 Å². The highest BCUT2D eigenvalue weighted by molar-refractivity contribution is 6.31. The number of hydrogen-bond donors (Lipinski definition) is 1. The quantitative estimate of drug-likeness (QED) is 0.213. The van der Waals surface area contributed by atoms with Gasteiger partial charge in [-0.15, -0.1) is 0 Å². The lowest BCUT2D eigenvalue weighted by molar-refractivity contribution is -0.122. The van der Waals surface area contributed by atoms with Gasteiger partial charge in [-0.1, -0.05) is 74.8 Å². The Labute approximate surface area is 243 Å². The summed E-state index contributed by atoms with van der Waals surface area (Å²) < 4.78 is 18.0. The summed E-state index contributed by atoms with van der Waals surface area (Å²) in [4.78, 5) is 26.7. The van der Waals surface area contributed by atoms with Crippen LogP contribution in [-0.4, -0.2) is 12.0 Å². The maximum atomic E-state index is 13.6. The summed E-state index contributed by atoms with van der Waals surface area (Å²) in [5.74, 6) is 1.10. The number of rotatable bonds is 7. The minimum absolute atomic E-state index is 0.0443. The summed E-state index contributed by atoms with van der Waals surface area (Å²) >= 11 is 6.17. The lowest BCUT2D eigenvalue weighted by Crippen LogP contribution is -2.31. The van der Waals surface area contributed by atoms with Gasteiger partial charge in [-0.2, -0.15) is 0 Å². The van der Waals surface area contributed by atoms with Gasteiger partial charge in [0.15, 0.2) is 11.9 Å². The minimum atomic E-state index is -1.01. The molecule has 0 aliphatic carbocycles. The van der Waals surface area contributed by atoms with Crippen molar-refractivity contribution in [2.75, 3.05) is 5.32 Å². The van der Waals surface area contributed by atoms with Crippen molar-refractivity contribution in [1.29, 1.82) is 0 Å². The smallest absolute Gasteiger partial charge is 0.265 e. The first-order valence-corrected chi connectivity index (χ1v) is 13.6. The summed E-state index contributed by atoms with van der Waals surface area (Å²) in [5, 5.41) is 3.49. The molecule has 1 amide bonds. The van der Waals surface area contributed by atoms with E-state index in [1.165, 1.54) is 6.07 Å². The molecule has 7 heteroatoms. The van der Waals surface area contributed by atoms with Crippen LogP contribution in [0.15, 0.2) is 106 Å². The number of nitrogens with one attached hydrogen (secondary N) is 1. The molecule has 208 valence electrons. The Morgan fingerprint density at radius 2 is 1.54 bits per heavy atom. The number of carbonyl (C=O) groups is 1. The first-order valence-electron chi connectivity index (χ1n) is 13.3. The standard InChI is InChI=1S/C34H30ClNO5/c1-21(33(38)36-25-15-17-27(18-16-25)40-26-8-6-5-7-9-26)39-32-30(37)28-20-24(35)14-19-29(28)41-31(32)22-10-12-23(13-11-22)34(2,3)4/h5-21H,1-4H3,(H,36,38). The third-order valence-electron chi connectivity index (χ3n) is 6.59. The van der Waals surface area contributed by atoms with Gasteiger partial charge in [0.2, 0.25) is 11.2 Å². The zero-order valence-electron chi connectivity index (χ0n) is 23.2. The van der Waals surface area contributed by atoms with Crippen LogP contribution in [0.3, 0.4) is 0 Å². The van der Waals surface area contributed by atoms with Crippen LogP contribution in [0.4, 0.5) is 5.69 Å². The second kappa shape index (κ2) is 11.5. The minimum Gasteiger partial charge on any atom is -0.473 e. The van der Waals surface area contributed by atoms with E-state index in [-0.39, 0.29) is 22.3 Å². The molecule has 5 rings (SSSR count). The van der Waals surface area contributed by atoms with Gasteiger partial charge in [0.25, 0.3) is 5.91 Å². The lowest BCUT2D eigenvalue weighted by Gasteiger charge is -2.20. The fraction of sp³-hybridized carbons (Fsp3) is 0.176. The Morgan fingerprint density at radius 3 is 2.20 bits per heavy atom. The molecule has 1 heterocycles. The molecule has 0 fully saturated rings. The molecule has 4 aromatic carbocycles. The van der Waals surface area contributed by atoms with E-state index in [2.05, 4.69) is 26.1 Å². The summed E-state index contributed by atoms with van der Waals surface area (Å²) in [5.41, 5.74) is 2.26. The van der Waals surface area contributed by atoms with Gasteiger partial charge in [-0.3, -0.25) is 9.59 Å². The zero-order chi connectivity index (χ0) is 29.1. The van der Waals surface area contributed by atoms with E-state index < -0.39 is 17.4 Å². The maximum Gasteiger partial charge on any atom is 0.265 e. The van der Waals surface area contributed by atoms with E-state index in [0.29, 0.717) is 33.4 Å². The number of hydrogen-bond acceptors (Lipinski definition) is 5. The number of para-hydroxylation sites is 1. The van der Waals surface area contributed by atoms with E-state index in [0.717, 1.165) is 5.56 Å². The number of anilines is 1. The molecule has 1 atom stereocenters. The van der Waals surface area contributed by atoms with E-state index in [9.17, 15) is 9.59 Å². The van der Waals surface area contributed by atoms with E-state index in [1.807, 2.05) is 54.6 Å². The Balaban J connectivity index is 1.40. The van der Waals surface area contributed by atoms with Gasteiger partial charge in [-0.25, -0.2) is 0 Å². The molecule has 0 aliphatic heterocycles. The lowest BCUT2D eigenvalue weighted by atomic mass is 9.86. The van der Waals surface area contributed by atoms with Crippen LogP contribution < -0.4 is 20.2 Å².